The van der Waals surface area contributed by atoms with E-state index in [2.05, 4.69) is 9.97 Å². The van der Waals surface area contributed by atoms with Crippen molar-refractivity contribution in [1.29, 1.82) is 0 Å². The van der Waals surface area contributed by atoms with Crippen LogP contribution in [0.15, 0.2) is 36.5 Å². The Labute approximate surface area is 110 Å². The Morgan fingerprint density at radius 1 is 1.21 bits per heavy atom. The van der Waals surface area contributed by atoms with Gasteiger partial charge < -0.3 is 14.4 Å². The zero-order valence-electron chi connectivity index (χ0n) is 10.7. The highest BCUT2D eigenvalue weighted by molar-refractivity contribution is 5.79. The van der Waals surface area contributed by atoms with Crippen LogP contribution in [0.1, 0.15) is 0 Å². The highest BCUT2D eigenvalue weighted by Crippen LogP contribution is 2.36. The molecule has 2 aromatic heterocycles. The minimum Gasteiger partial charge on any atom is -0.504 e. The zero-order chi connectivity index (χ0) is 13.4. The number of aromatic hydroxyl groups is 1. The second-order valence-electron chi connectivity index (χ2n) is 4.20. The Balaban J connectivity index is 2.28. The molecule has 0 aliphatic rings. The molecule has 0 unspecified atom stereocenters. The number of fused-ring (bicyclic) bond motifs is 1. The number of benzene rings is 1. The number of aryl methyl sites for hydroxylation is 1. The van der Waals surface area contributed by atoms with E-state index in [1.165, 1.54) is 7.11 Å². The van der Waals surface area contributed by atoms with Crippen LogP contribution in [0.3, 0.4) is 0 Å². The van der Waals surface area contributed by atoms with E-state index >= 15 is 0 Å². The van der Waals surface area contributed by atoms with Crippen molar-refractivity contribution in [1.82, 2.24) is 14.5 Å². The summed E-state index contributed by atoms with van der Waals surface area (Å²) in [6, 6.07) is 9.06. The first-order chi connectivity index (χ1) is 9.22. The van der Waals surface area contributed by atoms with Crippen LogP contribution in [-0.2, 0) is 7.05 Å². The lowest BCUT2D eigenvalue weighted by Gasteiger charge is -2.08. The number of nitrogens with zero attached hydrogens (tertiary/aromatic N) is 3. The summed E-state index contributed by atoms with van der Waals surface area (Å²) in [4.78, 5) is 8.79. The van der Waals surface area contributed by atoms with Crippen LogP contribution in [0.4, 0.5) is 0 Å². The summed E-state index contributed by atoms with van der Waals surface area (Å²) in [5.41, 5.74) is 2.20. The molecule has 5 nitrogen and oxygen atoms in total. The number of ether oxygens (including phenoxy) is 1. The van der Waals surface area contributed by atoms with Gasteiger partial charge in [-0.05, 0) is 24.3 Å². The monoisotopic (exact) mass is 255 g/mol. The molecule has 0 amide bonds. The predicted molar refractivity (Wildman–Crippen MR) is 72.2 cm³/mol. The average molecular weight is 255 g/mol. The second-order valence-corrected chi connectivity index (χ2v) is 4.20. The summed E-state index contributed by atoms with van der Waals surface area (Å²) in [6.07, 6.45) is 1.72. The largest absolute Gasteiger partial charge is 0.504 e. The van der Waals surface area contributed by atoms with Gasteiger partial charge >= 0.3 is 0 Å². The maximum Gasteiger partial charge on any atom is 0.168 e. The number of methoxy groups -OCH3 is 1. The van der Waals surface area contributed by atoms with Crippen LogP contribution < -0.4 is 4.74 Å². The highest BCUT2D eigenvalue weighted by Gasteiger charge is 2.16. The topological polar surface area (TPSA) is 60.2 Å². The molecule has 96 valence electrons. The van der Waals surface area contributed by atoms with Gasteiger partial charge in [0.15, 0.2) is 17.1 Å². The molecule has 5 heteroatoms. The number of rotatable bonds is 2. The zero-order valence-corrected chi connectivity index (χ0v) is 10.7. The fourth-order valence-corrected chi connectivity index (χ4v) is 2.13. The number of hydrogen-bond acceptors (Lipinski definition) is 4. The first-order valence-corrected chi connectivity index (χ1v) is 5.86. The second kappa shape index (κ2) is 4.28. The van der Waals surface area contributed by atoms with Gasteiger partial charge in [-0.25, -0.2) is 9.97 Å². The van der Waals surface area contributed by atoms with Gasteiger partial charge in [0, 0.05) is 13.2 Å². The third-order valence-electron chi connectivity index (χ3n) is 3.09. The van der Waals surface area contributed by atoms with E-state index in [0.717, 1.165) is 11.2 Å². The van der Waals surface area contributed by atoms with E-state index in [0.29, 0.717) is 17.1 Å². The molecular weight excluding hydrogens is 242 g/mol. The molecule has 0 bridgehead atoms. The van der Waals surface area contributed by atoms with Crippen LogP contribution in [-0.4, -0.2) is 26.8 Å². The third kappa shape index (κ3) is 1.71. The van der Waals surface area contributed by atoms with Crippen molar-refractivity contribution in [3.63, 3.8) is 0 Å². The molecule has 0 radical (unpaired) electrons. The lowest BCUT2D eigenvalue weighted by molar-refractivity contribution is 0.374. The number of aromatic nitrogens is 3. The molecule has 0 saturated heterocycles. The molecular formula is C14H13N3O2. The molecule has 0 aliphatic carbocycles. The first kappa shape index (κ1) is 11.5. The SMILES string of the molecule is COc1cccc(-c2nc3cccnc3n2C)c1O. The van der Waals surface area contributed by atoms with Crippen LogP contribution in [0.25, 0.3) is 22.6 Å². The van der Waals surface area contributed by atoms with Gasteiger partial charge in [-0.2, -0.15) is 0 Å². The summed E-state index contributed by atoms with van der Waals surface area (Å²) >= 11 is 0. The van der Waals surface area contributed by atoms with Crippen molar-refractivity contribution in [2.75, 3.05) is 7.11 Å². The van der Waals surface area contributed by atoms with Crippen LogP contribution in [0.5, 0.6) is 11.5 Å². The van der Waals surface area contributed by atoms with Crippen LogP contribution >= 0.6 is 0 Å². The molecule has 0 atom stereocenters. The Bertz CT molecular complexity index is 750. The van der Waals surface area contributed by atoms with E-state index < -0.39 is 0 Å². The molecule has 1 N–H and O–H groups in total. The molecule has 2 heterocycles. The summed E-state index contributed by atoms with van der Waals surface area (Å²) in [5, 5.41) is 10.2. The van der Waals surface area contributed by atoms with Gasteiger partial charge in [-0.3, -0.25) is 0 Å². The van der Waals surface area contributed by atoms with E-state index in [9.17, 15) is 5.11 Å². The molecule has 0 spiro atoms. The fourth-order valence-electron chi connectivity index (χ4n) is 2.13. The maximum atomic E-state index is 10.2. The number of phenolic OH excluding ortho intramolecular Hbond substituents is 1. The van der Waals surface area contributed by atoms with E-state index in [4.69, 9.17) is 4.74 Å². The quantitative estimate of drug-likeness (QED) is 0.763. The summed E-state index contributed by atoms with van der Waals surface area (Å²) in [7, 11) is 3.39. The van der Waals surface area contributed by atoms with Gasteiger partial charge in [0.2, 0.25) is 0 Å². The molecule has 3 aromatic rings. The molecule has 0 saturated carbocycles. The fraction of sp³-hybridized carbons (Fsp3) is 0.143. The van der Waals surface area contributed by atoms with E-state index in [-0.39, 0.29) is 5.75 Å². The Morgan fingerprint density at radius 3 is 2.79 bits per heavy atom. The van der Waals surface area contributed by atoms with E-state index in [1.807, 2.05) is 29.8 Å². The van der Waals surface area contributed by atoms with Gasteiger partial charge in [-0.15, -0.1) is 0 Å². The van der Waals surface area contributed by atoms with Crippen molar-refractivity contribution in [3.05, 3.63) is 36.5 Å². The molecule has 19 heavy (non-hydrogen) atoms. The van der Waals surface area contributed by atoms with Crippen molar-refractivity contribution in [2.45, 2.75) is 0 Å². The number of imidazole rings is 1. The summed E-state index contributed by atoms with van der Waals surface area (Å²) in [6.45, 7) is 0. The Morgan fingerprint density at radius 2 is 2.05 bits per heavy atom. The minimum atomic E-state index is 0.0865. The van der Waals surface area contributed by atoms with Crippen molar-refractivity contribution < 1.29 is 9.84 Å². The first-order valence-electron chi connectivity index (χ1n) is 5.86. The number of pyridine rings is 1. The Kier molecular flexibility index (Phi) is 2.59. The minimum absolute atomic E-state index is 0.0865. The van der Waals surface area contributed by atoms with Crippen LogP contribution in [0, 0.1) is 0 Å². The number of phenols is 1. The van der Waals surface area contributed by atoms with Gasteiger partial charge in [0.1, 0.15) is 11.3 Å². The van der Waals surface area contributed by atoms with Crippen molar-refractivity contribution >= 4 is 11.2 Å². The smallest absolute Gasteiger partial charge is 0.168 e. The van der Waals surface area contributed by atoms with Crippen molar-refractivity contribution in [2.24, 2.45) is 7.05 Å². The third-order valence-corrected chi connectivity index (χ3v) is 3.09. The maximum absolute atomic E-state index is 10.2. The normalized spacial score (nSPS) is 10.8. The molecule has 0 fully saturated rings. The molecule has 3 rings (SSSR count). The molecule has 1 aromatic carbocycles. The average Bonchev–Trinajstić information content (AvgIpc) is 2.77. The number of hydrogen-bond donors (Lipinski definition) is 1. The van der Waals surface area contributed by atoms with Gasteiger partial charge in [0.25, 0.3) is 0 Å². The van der Waals surface area contributed by atoms with E-state index in [1.54, 1.807) is 18.3 Å². The summed E-state index contributed by atoms with van der Waals surface area (Å²) in [5.74, 6) is 1.17. The standard InChI is InChI=1S/C14H13N3O2/c1-17-13(16-10-6-4-8-15-14(10)17)9-5-3-7-11(19-2)12(9)18/h3-8,18H,1-2H3. The predicted octanol–water partition coefficient (Wildman–Crippen LogP) is 2.35. The summed E-state index contributed by atoms with van der Waals surface area (Å²) < 4.78 is 6.97. The lowest BCUT2D eigenvalue weighted by atomic mass is 10.1. The molecule has 0 aliphatic heterocycles. The van der Waals surface area contributed by atoms with Gasteiger partial charge in [-0.1, -0.05) is 6.07 Å². The number of para-hydroxylation sites is 1. The van der Waals surface area contributed by atoms with Crippen molar-refractivity contribution in [3.8, 4) is 22.9 Å². The lowest BCUT2D eigenvalue weighted by Crippen LogP contribution is -1.95. The Hall–Kier alpha value is -2.56. The van der Waals surface area contributed by atoms with Gasteiger partial charge in [0.05, 0.1) is 12.7 Å². The highest BCUT2D eigenvalue weighted by atomic mass is 16.5. The van der Waals surface area contributed by atoms with Crippen LogP contribution in [0.2, 0.25) is 0 Å².